The summed E-state index contributed by atoms with van der Waals surface area (Å²) in [6.45, 7) is 8.27. The third-order valence-electron chi connectivity index (χ3n) is 1.42. The highest BCUT2D eigenvalue weighted by atomic mass is 16.3. The molecule has 0 bridgehead atoms. The van der Waals surface area contributed by atoms with Crippen molar-refractivity contribution in [2.75, 3.05) is 20.2 Å². The smallest absolute Gasteiger partial charge is 0.135 e. The van der Waals surface area contributed by atoms with Crippen molar-refractivity contribution in [2.45, 2.75) is 27.7 Å². The Balaban J connectivity index is 0. The average molecular weight is 175 g/mol. The number of rotatable bonds is 2. The van der Waals surface area contributed by atoms with Gasteiger partial charge in [-0.1, -0.05) is 20.8 Å². The SMILES string of the molecule is CC(=O)C(C)(C)C.CNCCO. The van der Waals surface area contributed by atoms with Gasteiger partial charge in [0.05, 0.1) is 6.61 Å². The minimum absolute atomic E-state index is 0.139. The van der Waals surface area contributed by atoms with Crippen LogP contribution >= 0.6 is 0 Å². The fraction of sp³-hybridized carbons (Fsp3) is 0.889. The summed E-state index contributed by atoms with van der Waals surface area (Å²) in [5.74, 6) is 0.243. The summed E-state index contributed by atoms with van der Waals surface area (Å²) < 4.78 is 0. The second-order valence-electron chi connectivity index (χ2n) is 3.63. The summed E-state index contributed by atoms with van der Waals surface area (Å²) in [5.41, 5.74) is -0.139. The molecule has 12 heavy (non-hydrogen) atoms. The van der Waals surface area contributed by atoms with Crippen LogP contribution in [0.5, 0.6) is 0 Å². The van der Waals surface area contributed by atoms with Crippen LogP contribution < -0.4 is 5.32 Å². The van der Waals surface area contributed by atoms with Gasteiger partial charge in [-0.25, -0.2) is 0 Å². The Hall–Kier alpha value is -0.410. The molecule has 0 aromatic carbocycles. The number of likely N-dealkylation sites (N-methyl/N-ethyl adjacent to an activating group) is 1. The number of hydrogen-bond donors (Lipinski definition) is 2. The molecule has 0 spiro atoms. The van der Waals surface area contributed by atoms with E-state index >= 15 is 0 Å². The maximum Gasteiger partial charge on any atom is 0.135 e. The summed E-state index contributed by atoms with van der Waals surface area (Å²) in [5, 5.41) is 10.8. The number of aliphatic hydroxyl groups is 1. The molecule has 0 aliphatic heterocycles. The van der Waals surface area contributed by atoms with E-state index in [4.69, 9.17) is 5.11 Å². The molecule has 0 amide bonds. The number of nitrogens with one attached hydrogen (secondary N) is 1. The molecule has 0 rings (SSSR count). The molecule has 74 valence electrons. The normalized spacial score (nSPS) is 10.2. The summed E-state index contributed by atoms with van der Waals surface area (Å²) in [6.07, 6.45) is 0. The van der Waals surface area contributed by atoms with Crippen molar-refractivity contribution in [3.8, 4) is 0 Å². The summed E-state index contributed by atoms with van der Waals surface area (Å²) in [7, 11) is 1.80. The number of aliphatic hydroxyl groups excluding tert-OH is 1. The first-order valence-electron chi connectivity index (χ1n) is 4.12. The maximum atomic E-state index is 10.5. The third-order valence-corrected chi connectivity index (χ3v) is 1.42. The van der Waals surface area contributed by atoms with Gasteiger partial charge < -0.3 is 10.4 Å². The van der Waals surface area contributed by atoms with E-state index in [1.807, 2.05) is 20.8 Å². The number of Topliss-reactive ketones (excluding diaryl/α,β-unsaturated/α-hetero) is 1. The highest BCUT2D eigenvalue weighted by molar-refractivity contribution is 5.80. The number of hydrogen-bond acceptors (Lipinski definition) is 3. The molecule has 0 aliphatic rings. The molecule has 0 saturated carbocycles. The van der Waals surface area contributed by atoms with Gasteiger partial charge in [-0.15, -0.1) is 0 Å². The molecule has 0 heterocycles. The predicted molar refractivity (Wildman–Crippen MR) is 51.1 cm³/mol. The summed E-state index contributed by atoms with van der Waals surface area (Å²) >= 11 is 0. The maximum absolute atomic E-state index is 10.5. The monoisotopic (exact) mass is 175 g/mol. The van der Waals surface area contributed by atoms with Crippen LogP contribution in [0.15, 0.2) is 0 Å². The van der Waals surface area contributed by atoms with Crippen molar-refractivity contribution in [3.05, 3.63) is 0 Å². The lowest BCUT2D eigenvalue weighted by Crippen LogP contribution is -2.15. The predicted octanol–water partition coefficient (Wildman–Crippen LogP) is 0.820. The largest absolute Gasteiger partial charge is 0.395 e. The van der Waals surface area contributed by atoms with Crippen LogP contribution in [0, 0.1) is 5.41 Å². The molecule has 2 N–H and O–H groups in total. The fourth-order valence-corrected chi connectivity index (χ4v) is 0.112. The molecule has 0 aromatic heterocycles. The summed E-state index contributed by atoms with van der Waals surface area (Å²) in [6, 6.07) is 0. The summed E-state index contributed by atoms with van der Waals surface area (Å²) in [4.78, 5) is 10.5. The Morgan fingerprint density at radius 3 is 1.75 bits per heavy atom. The van der Waals surface area contributed by atoms with Gasteiger partial charge in [0, 0.05) is 12.0 Å². The highest BCUT2D eigenvalue weighted by Gasteiger charge is 2.14. The van der Waals surface area contributed by atoms with Gasteiger partial charge in [0.15, 0.2) is 0 Å². The zero-order chi connectivity index (χ0) is 10.2. The molecule has 3 heteroatoms. The second kappa shape index (κ2) is 7.25. The first-order chi connectivity index (χ1) is 5.36. The van der Waals surface area contributed by atoms with Crippen LogP contribution in [0.2, 0.25) is 0 Å². The van der Waals surface area contributed by atoms with Crippen molar-refractivity contribution < 1.29 is 9.90 Å². The van der Waals surface area contributed by atoms with E-state index in [0.717, 1.165) is 0 Å². The zero-order valence-electron chi connectivity index (χ0n) is 8.77. The lowest BCUT2D eigenvalue weighted by molar-refractivity contribution is -0.124. The van der Waals surface area contributed by atoms with Crippen molar-refractivity contribution in [3.63, 3.8) is 0 Å². The third kappa shape index (κ3) is 12.3. The van der Waals surface area contributed by atoms with E-state index in [2.05, 4.69) is 5.32 Å². The fourth-order valence-electron chi connectivity index (χ4n) is 0.112. The molecule has 0 aliphatic carbocycles. The van der Waals surface area contributed by atoms with Gasteiger partial charge in [-0.2, -0.15) is 0 Å². The lowest BCUT2D eigenvalue weighted by Gasteiger charge is -2.11. The van der Waals surface area contributed by atoms with Crippen LogP contribution in [-0.2, 0) is 4.79 Å². The molecular formula is C9H21NO2. The molecule has 3 nitrogen and oxygen atoms in total. The van der Waals surface area contributed by atoms with Crippen molar-refractivity contribution in [1.29, 1.82) is 0 Å². The van der Waals surface area contributed by atoms with Gasteiger partial charge in [0.25, 0.3) is 0 Å². The Bertz CT molecular complexity index is 114. The van der Waals surface area contributed by atoms with E-state index in [0.29, 0.717) is 6.54 Å². The van der Waals surface area contributed by atoms with Crippen LogP contribution in [0.4, 0.5) is 0 Å². The van der Waals surface area contributed by atoms with Gasteiger partial charge >= 0.3 is 0 Å². The van der Waals surface area contributed by atoms with E-state index < -0.39 is 0 Å². The van der Waals surface area contributed by atoms with Crippen LogP contribution in [-0.4, -0.2) is 31.1 Å². The molecule has 0 aromatic rings. The van der Waals surface area contributed by atoms with Crippen molar-refractivity contribution in [1.82, 2.24) is 5.32 Å². The van der Waals surface area contributed by atoms with Crippen molar-refractivity contribution >= 4 is 5.78 Å². The first-order valence-corrected chi connectivity index (χ1v) is 4.12. The molecule has 0 radical (unpaired) electrons. The van der Waals surface area contributed by atoms with Crippen LogP contribution in [0.1, 0.15) is 27.7 Å². The van der Waals surface area contributed by atoms with E-state index in [9.17, 15) is 4.79 Å². The first kappa shape index (κ1) is 14.1. The van der Waals surface area contributed by atoms with E-state index in [1.54, 1.807) is 14.0 Å². The molecule has 0 unspecified atom stereocenters. The van der Waals surface area contributed by atoms with Gasteiger partial charge in [0.1, 0.15) is 5.78 Å². The molecule has 0 atom stereocenters. The Morgan fingerprint density at radius 2 is 1.75 bits per heavy atom. The van der Waals surface area contributed by atoms with Crippen LogP contribution in [0.25, 0.3) is 0 Å². The Morgan fingerprint density at radius 1 is 1.42 bits per heavy atom. The van der Waals surface area contributed by atoms with E-state index in [1.165, 1.54) is 0 Å². The minimum atomic E-state index is -0.139. The van der Waals surface area contributed by atoms with Crippen LogP contribution in [0.3, 0.4) is 0 Å². The molecule has 0 fully saturated rings. The van der Waals surface area contributed by atoms with Crippen molar-refractivity contribution in [2.24, 2.45) is 5.41 Å². The number of carbonyl (C=O) groups excluding carboxylic acids is 1. The Labute approximate surface area is 75.2 Å². The number of ketones is 1. The minimum Gasteiger partial charge on any atom is -0.395 e. The average Bonchev–Trinajstić information content (AvgIpc) is 1.88. The topological polar surface area (TPSA) is 49.3 Å². The highest BCUT2D eigenvalue weighted by Crippen LogP contribution is 2.12. The lowest BCUT2D eigenvalue weighted by atomic mass is 9.92. The Kier molecular flexibility index (Phi) is 8.54. The zero-order valence-corrected chi connectivity index (χ0v) is 8.77. The van der Waals surface area contributed by atoms with Gasteiger partial charge in [-0.05, 0) is 14.0 Å². The standard InChI is InChI=1S/C6H12O.C3H9NO/c1-5(7)6(2,3)4;1-4-2-3-5/h1-4H3;4-5H,2-3H2,1H3. The van der Waals surface area contributed by atoms with E-state index in [-0.39, 0.29) is 17.8 Å². The molecular weight excluding hydrogens is 154 g/mol. The van der Waals surface area contributed by atoms with Gasteiger partial charge in [0.2, 0.25) is 0 Å². The molecule has 0 saturated heterocycles. The number of carbonyl (C=O) groups is 1. The van der Waals surface area contributed by atoms with Gasteiger partial charge in [-0.3, -0.25) is 4.79 Å². The quantitative estimate of drug-likeness (QED) is 0.653. The second-order valence-corrected chi connectivity index (χ2v) is 3.63.